The van der Waals surface area contributed by atoms with Crippen LogP contribution >= 0.6 is 22.6 Å². The van der Waals surface area contributed by atoms with E-state index in [1.54, 1.807) is 0 Å². The van der Waals surface area contributed by atoms with E-state index < -0.39 is 0 Å². The fraction of sp³-hybridized carbons (Fsp3) is 0.154. The lowest BCUT2D eigenvalue weighted by atomic mass is 9.93. The van der Waals surface area contributed by atoms with Crippen molar-refractivity contribution >= 4 is 39.6 Å². The van der Waals surface area contributed by atoms with Gasteiger partial charge in [-0.15, -0.1) is 0 Å². The Labute approximate surface area is 107 Å². The molecular formula is C13H8INO. The molecule has 0 fully saturated rings. The molecule has 3 rings (SSSR count). The summed E-state index contributed by atoms with van der Waals surface area (Å²) in [6, 6.07) is 8.40. The van der Waals surface area contributed by atoms with Crippen molar-refractivity contribution in [3.05, 3.63) is 39.2 Å². The first kappa shape index (κ1) is 9.91. The molecule has 0 amide bonds. The highest BCUT2D eigenvalue weighted by molar-refractivity contribution is 14.1. The molecule has 3 heteroatoms. The molecule has 2 aromatic rings. The van der Waals surface area contributed by atoms with E-state index in [4.69, 9.17) is 9.68 Å². The zero-order chi connectivity index (χ0) is 11.1. The Kier molecular flexibility index (Phi) is 2.25. The van der Waals surface area contributed by atoms with Crippen molar-refractivity contribution in [3.8, 4) is 6.07 Å². The summed E-state index contributed by atoms with van der Waals surface area (Å²) in [7, 11) is 0. The minimum Gasteiger partial charge on any atom is -0.455 e. The van der Waals surface area contributed by atoms with Crippen LogP contribution in [0.4, 0.5) is 0 Å². The Bertz CT molecular complexity index is 633. The standard InChI is InChI=1S/C13H8INO/c14-11-3-1-2-9-10-6-8(7-15)4-5-12(10)16-13(9)11/h1-5,8H,6H2. The van der Waals surface area contributed by atoms with Gasteiger partial charge in [-0.05, 0) is 41.2 Å². The minimum absolute atomic E-state index is 0.0221. The van der Waals surface area contributed by atoms with E-state index in [2.05, 4.69) is 34.7 Å². The molecule has 0 spiro atoms. The van der Waals surface area contributed by atoms with Crippen LogP contribution in [0.1, 0.15) is 11.3 Å². The van der Waals surface area contributed by atoms with Crippen LogP contribution < -0.4 is 0 Å². The summed E-state index contributed by atoms with van der Waals surface area (Å²) < 4.78 is 6.93. The van der Waals surface area contributed by atoms with Crippen LogP contribution in [0.2, 0.25) is 0 Å². The Morgan fingerprint density at radius 2 is 2.31 bits per heavy atom. The van der Waals surface area contributed by atoms with Gasteiger partial charge in [0, 0.05) is 10.9 Å². The van der Waals surface area contributed by atoms with E-state index in [0.717, 1.165) is 26.7 Å². The van der Waals surface area contributed by atoms with Crippen molar-refractivity contribution < 1.29 is 4.42 Å². The molecular weight excluding hydrogens is 313 g/mol. The van der Waals surface area contributed by atoms with Gasteiger partial charge in [0.2, 0.25) is 0 Å². The van der Waals surface area contributed by atoms with Crippen molar-refractivity contribution in [3.63, 3.8) is 0 Å². The van der Waals surface area contributed by atoms with Crippen LogP contribution in [0, 0.1) is 20.8 Å². The lowest BCUT2D eigenvalue weighted by molar-refractivity contribution is 0.589. The number of rotatable bonds is 0. The first-order valence-electron chi connectivity index (χ1n) is 5.07. The summed E-state index contributed by atoms with van der Waals surface area (Å²) in [6.07, 6.45) is 4.59. The highest BCUT2D eigenvalue weighted by Crippen LogP contribution is 2.34. The van der Waals surface area contributed by atoms with Crippen LogP contribution in [-0.4, -0.2) is 0 Å². The number of halogens is 1. The van der Waals surface area contributed by atoms with Crippen LogP contribution in [0.5, 0.6) is 0 Å². The van der Waals surface area contributed by atoms with E-state index in [0.29, 0.717) is 0 Å². The van der Waals surface area contributed by atoms with Crippen molar-refractivity contribution in [2.24, 2.45) is 5.92 Å². The fourth-order valence-corrected chi connectivity index (χ4v) is 2.69. The van der Waals surface area contributed by atoms with Gasteiger partial charge in [-0.1, -0.05) is 18.2 Å². The summed E-state index contributed by atoms with van der Waals surface area (Å²) in [5, 5.41) is 10.1. The maximum absolute atomic E-state index is 8.95. The monoisotopic (exact) mass is 321 g/mol. The predicted octanol–water partition coefficient (Wildman–Crippen LogP) is 3.75. The maximum Gasteiger partial charge on any atom is 0.148 e. The SMILES string of the molecule is N#CC1C=Cc2oc3c(I)cccc3c2C1. The van der Waals surface area contributed by atoms with Gasteiger partial charge in [0.25, 0.3) is 0 Å². The van der Waals surface area contributed by atoms with Crippen molar-refractivity contribution in [1.82, 2.24) is 0 Å². The Morgan fingerprint density at radius 1 is 1.44 bits per heavy atom. The molecule has 2 nitrogen and oxygen atoms in total. The summed E-state index contributed by atoms with van der Waals surface area (Å²) in [6.45, 7) is 0. The lowest BCUT2D eigenvalue weighted by Gasteiger charge is -2.08. The van der Waals surface area contributed by atoms with Crippen molar-refractivity contribution in [1.29, 1.82) is 5.26 Å². The second-order valence-electron chi connectivity index (χ2n) is 3.86. The average molecular weight is 321 g/mol. The van der Waals surface area contributed by atoms with E-state index in [9.17, 15) is 0 Å². The van der Waals surface area contributed by atoms with Gasteiger partial charge < -0.3 is 4.42 Å². The number of benzene rings is 1. The lowest BCUT2D eigenvalue weighted by Crippen LogP contribution is -2.02. The number of hydrogen-bond acceptors (Lipinski definition) is 2. The van der Waals surface area contributed by atoms with E-state index >= 15 is 0 Å². The van der Waals surface area contributed by atoms with E-state index in [1.165, 1.54) is 5.56 Å². The molecule has 0 N–H and O–H groups in total. The van der Waals surface area contributed by atoms with E-state index in [-0.39, 0.29) is 5.92 Å². The predicted molar refractivity (Wildman–Crippen MR) is 70.8 cm³/mol. The van der Waals surface area contributed by atoms with Crippen molar-refractivity contribution in [2.45, 2.75) is 6.42 Å². The Balaban J connectivity index is 2.28. The van der Waals surface area contributed by atoms with Crippen LogP contribution in [0.15, 0.2) is 28.7 Å². The zero-order valence-corrected chi connectivity index (χ0v) is 10.6. The molecule has 0 aliphatic heterocycles. The molecule has 0 saturated heterocycles. The number of para-hydroxylation sites is 1. The van der Waals surface area contributed by atoms with Gasteiger partial charge in [0.05, 0.1) is 15.6 Å². The number of nitriles is 1. The third kappa shape index (κ3) is 1.37. The van der Waals surface area contributed by atoms with Gasteiger partial charge >= 0.3 is 0 Å². The smallest absolute Gasteiger partial charge is 0.148 e. The Hall–Kier alpha value is -1.28. The average Bonchev–Trinajstić information content (AvgIpc) is 2.68. The molecule has 0 bridgehead atoms. The molecule has 0 radical (unpaired) electrons. The zero-order valence-electron chi connectivity index (χ0n) is 8.40. The summed E-state index contributed by atoms with van der Waals surface area (Å²) in [5.41, 5.74) is 2.11. The summed E-state index contributed by atoms with van der Waals surface area (Å²) >= 11 is 2.27. The molecule has 1 aliphatic rings. The highest BCUT2D eigenvalue weighted by atomic mass is 127. The van der Waals surface area contributed by atoms with Gasteiger partial charge in [-0.3, -0.25) is 0 Å². The van der Waals surface area contributed by atoms with Crippen LogP contribution in [-0.2, 0) is 6.42 Å². The number of nitrogens with zero attached hydrogens (tertiary/aromatic N) is 1. The van der Waals surface area contributed by atoms with Crippen LogP contribution in [0.3, 0.4) is 0 Å². The number of allylic oxidation sites excluding steroid dienone is 1. The third-order valence-electron chi connectivity index (χ3n) is 2.87. The second-order valence-corrected chi connectivity index (χ2v) is 5.02. The summed E-state index contributed by atoms with van der Waals surface area (Å²) in [5.74, 6) is 0.886. The number of hydrogen-bond donors (Lipinski definition) is 0. The number of furan rings is 1. The normalized spacial score (nSPS) is 18.4. The van der Waals surface area contributed by atoms with Crippen LogP contribution in [0.25, 0.3) is 17.0 Å². The molecule has 1 aliphatic carbocycles. The molecule has 1 aromatic heterocycles. The topological polar surface area (TPSA) is 36.9 Å². The molecule has 1 heterocycles. The quantitative estimate of drug-likeness (QED) is 0.693. The van der Waals surface area contributed by atoms with Gasteiger partial charge in [0.1, 0.15) is 11.3 Å². The first-order valence-corrected chi connectivity index (χ1v) is 6.15. The maximum atomic E-state index is 8.95. The molecule has 1 aromatic carbocycles. The highest BCUT2D eigenvalue weighted by Gasteiger charge is 2.20. The van der Waals surface area contributed by atoms with Gasteiger partial charge in [0.15, 0.2) is 0 Å². The molecule has 1 unspecified atom stereocenters. The van der Waals surface area contributed by atoms with E-state index in [1.807, 2.05) is 24.3 Å². The molecule has 78 valence electrons. The van der Waals surface area contributed by atoms with Gasteiger partial charge in [-0.25, -0.2) is 0 Å². The minimum atomic E-state index is -0.0221. The third-order valence-corrected chi connectivity index (χ3v) is 3.72. The fourth-order valence-electron chi connectivity index (χ4n) is 2.08. The molecule has 16 heavy (non-hydrogen) atoms. The van der Waals surface area contributed by atoms with Gasteiger partial charge in [-0.2, -0.15) is 5.26 Å². The molecule has 1 atom stereocenters. The molecule has 0 saturated carbocycles. The number of fused-ring (bicyclic) bond motifs is 3. The van der Waals surface area contributed by atoms with Crippen molar-refractivity contribution in [2.75, 3.05) is 0 Å². The largest absolute Gasteiger partial charge is 0.455 e. The first-order chi connectivity index (χ1) is 7.79. The Morgan fingerprint density at radius 3 is 3.12 bits per heavy atom. The second kappa shape index (κ2) is 3.63. The summed E-state index contributed by atoms with van der Waals surface area (Å²) in [4.78, 5) is 0.